The molecule has 8 heteroatoms. The quantitative estimate of drug-likeness (QED) is 0.316. The molecule has 0 amide bonds. The predicted molar refractivity (Wildman–Crippen MR) is 48.1 cm³/mol. The highest BCUT2D eigenvalue weighted by atomic mass is 35.5. The Bertz CT molecular complexity index is 428. The maximum atomic E-state index is 13.0. The lowest BCUT2D eigenvalue weighted by atomic mass is 10.2. The number of halogens is 7. The standard InChI is InChI=1S/C8H3ClF6S/c1-16-7-2(8(13,14)15)3(9)4(10)5(11)6(7)12/h1H3. The molecule has 0 saturated carbocycles. The van der Waals surface area contributed by atoms with E-state index in [1.807, 2.05) is 0 Å². The molecular weight excluding hydrogens is 278 g/mol. The van der Waals surface area contributed by atoms with Crippen molar-refractivity contribution in [3.8, 4) is 0 Å². The third-order valence-corrected chi connectivity index (χ3v) is 2.86. The van der Waals surface area contributed by atoms with Gasteiger partial charge in [0.2, 0.25) is 0 Å². The Hall–Kier alpha value is -0.560. The van der Waals surface area contributed by atoms with Gasteiger partial charge in [-0.25, -0.2) is 13.2 Å². The maximum absolute atomic E-state index is 13.0. The fourth-order valence-corrected chi connectivity index (χ4v) is 2.09. The molecular formula is C8H3ClF6S. The van der Waals surface area contributed by atoms with Gasteiger partial charge in [-0.3, -0.25) is 0 Å². The molecule has 1 rings (SSSR count). The van der Waals surface area contributed by atoms with E-state index in [9.17, 15) is 26.3 Å². The van der Waals surface area contributed by atoms with Crippen LogP contribution < -0.4 is 0 Å². The first kappa shape index (κ1) is 13.5. The van der Waals surface area contributed by atoms with E-state index in [1.165, 1.54) is 0 Å². The summed E-state index contributed by atoms with van der Waals surface area (Å²) in [4.78, 5) is -1.06. The molecule has 0 saturated heterocycles. The van der Waals surface area contributed by atoms with Gasteiger partial charge in [-0.15, -0.1) is 11.8 Å². The molecule has 90 valence electrons. The van der Waals surface area contributed by atoms with Crippen molar-refractivity contribution in [1.82, 2.24) is 0 Å². The van der Waals surface area contributed by atoms with Gasteiger partial charge in [0.1, 0.15) is 0 Å². The summed E-state index contributed by atoms with van der Waals surface area (Å²) in [6.07, 6.45) is -3.95. The van der Waals surface area contributed by atoms with Crippen LogP contribution >= 0.6 is 23.4 Å². The van der Waals surface area contributed by atoms with Crippen LogP contribution in [0.5, 0.6) is 0 Å². The summed E-state index contributed by atoms with van der Waals surface area (Å²) in [5.74, 6) is -5.94. The summed E-state index contributed by atoms with van der Waals surface area (Å²) < 4.78 is 76.0. The van der Waals surface area contributed by atoms with Gasteiger partial charge in [-0.1, -0.05) is 11.6 Å². The van der Waals surface area contributed by atoms with Gasteiger partial charge in [0.15, 0.2) is 17.5 Å². The Kier molecular flexibility index (Phi) is 3.69. The van der Waals surface area contributed by atoms with E-state index in [4.69, 9.17) is 11.6 Å². The molecule has 16 heavy (non-hydrogen) atoms. The molecule has 0 fully saturated rings. The molecule has 0 aliphatic carbocycles. The molecule has 0 aliphatic heterocycles. The first-order valence-corrected chi connectivity index (χ1v) is 5.29. The van der Waals surface area contributed by atoms with Gasteiger partial charge in [-0.05, 0) is 6.26 Å². The Morgan fingerprint density at radius 3 is 1.88 bits per heavy atom. The molecule has 0 aromatic heterocycles. The van der Waals surface area contributed by atoms with Gasteiger partial charge in [0.05, 0.1) is 15.5 Å². The summed E-state index contributed by atoms with van der Waals surface area (Å²) >= 11 is 5.32. The van der Waals surface area contributed by atoms with Gasteiger partial charge < -0.3 is 0 Å². The first-order chi connectivity index (χ1) is 7.21. The Morgan fingerprint density at radius 1 is 1.00 bits per heavy atom. The molecule has 0 unspecified atom stereocenters. The first-order valence-electron chi connectivity index (χ1n) is 3.69. The van der Waals surface area contributed by atoms with Crippen LogP contribution in [0.1, 0.15) is 5.56 Å². The third-order valence-electron chi connectivity index (χ3n) is 1.71. The second-order valence-electron chi connectivity index (χ2n) is 2.66. The van der Waals surface area contributed by atoms with Crippen LogP contribution in [0.3, 0.4) is 0 Å². The Morgan fingerprint density at radius 2 is 1.50 bits per heavy atom. The van der Waals surface area contributed by atoms with Crippen LogP contribution in [0, 0.1) is 17.5 Å². The zero-order chi connectivity index (χ0) is 12.7. The average molecular weight is 281 g/mol. The number of benzene rings is 1. The van der Waals surface area contributed by atoms with Gasteiger partial charge in [-0.2, -0.15) is 13.2 Å². The molecule has 1 aromatic carbocycles. The van der Waals surface area contributed by atoms with E-state index in [-0.39, 0.29) is 0 Å². The van der Waals surface area contributed by atoms with E-state index in [0.717, 1.165) is 6.26 Å². The van der Waals surface area contributed by atoms with Crippen LogP contribution in [-0.4, -0.2) is 6.26 Å². The lowest BCUT2D eigenvalue weighted by Crippen LogP contribution is -2.12. The summed E-state index contributed by atoms with van der Waals surface area (Å²) in [5, 5.41) is -1.46. The zero-order valence-electron chi connectivity index (χ0n) is 7.55. The molecule has 1 aromatic rings. The van der Waals surface area contributed by atoms with E-state index < -0.39 is 39.1 Å². The summed E-state index contributed by atoms with van der Waals surface area (Å²) in [6.45, 7) is 0. The average Bonchev–Trinajstić information content (AvgIpc) is 2.18. The largest absolute Gasteiger partial charge is 0.419 e. The molecule has 0 aliphatic rings. The lowest BCUT2D eigenvalue weighted by molar-refractivity contribution is -0.140. The van der Waals surface area contributed by atoms with Crippen molar-refractivity contribution in [3.63, 3.8) is 0 Å². The van der Waals surface area contributed by atoms with Crippen molar-refractivity contribution in [2.24, 2.45) is 0 Å². The minimum Gasteiger partial charge on any atom is -0.202 e. The smallest absolute Gasteiger partial charge is 0.202 e. The number of hydrogen-bond acceptors (Lipinski definition) is 1. The van der Waals surface area contributed by atoms with E-state index in [2.05, 4.69) is 0 Å². The lowest BCUT2D eigenvalue weighted by Gasteiger charge is -2.14. The van der Waals surface area contributed by atoms with Crippen molar-refractivity contribution in [2.75, 3.05) is 6.26 Å². The highest BCUT2D eigenvalue weighted by molar-refractivity contribution is 7.98. The zero-order valence-corrected chi connectivity index (χ0v) is 9.13. The number of rotatable bonds is 1. The van der Waals surface area contributed by atoms with Crippen molar-refractivity contribution >= 4 is 23.4 Å². The van der Waals surface area contributed by atoms with Crippen molar-refractivity contribution in [2.45, 2.75) is 11.1 Å². The highest BCUT2D eigenvalue weighted by Crippen LogP contribution is 2.43. The Balaban J connectivity index is 3.72. The molecule has 0 N–H and O–H groups in total. The second-order valence-corrected chi connectivity index (χ2v) is 3.86. The third kappa shape index (κ3) is 2.10. The van der Waals surface area contributed by atoms with Crippen LogP contribution in [0.4, 0.5) is 26.3 Å². The second kappa shape index (κ2) is 4.37. The Labute approximate surface area is 95.6 Å². The van der Waals surface area contributed by atoms with E-state index in [1.54, 1.807) is 0 Å². The van der Waals surface area contributed by atoms with Crippen LogP contribution in [0.25, 0.3) is 0 Å². The molecule has 0 spiro atoms. The number of hydrogen-bond donors (Lipinski definition) is 0. The maximum Gasteiger partial charge on any atom is 0.419 e. The summed E-state index contributed by atoms with van der Waals surface area (Å²) in [5.41, 5.74) is -1.70. The molecule has 0 nitrogen and oxygen atoms in total. The fourth-order valence-electron chi connectivity index (χ4n) is 1.06. The van der Waals surface area contributed by atoms with Crippen molar-refractivity contribution in [3.05, 3.63) is 28.0 Å². The number of alkyl halides is 3. The van der Waals surface area contributed by atoms with E-state index in [0.29, 0.717) is 11.8 Å². The predicted octanol–water partition coefficient (Wildman–Crippen LogP) is 4.50. The minimum atomic E-state index is -5.05. The van der Waals surface area contributed by atoms with Crippen LogP contribution in [0.2, 0.25) is 5.02 Å². The molecule has 0 heterocycles. The molecule has 0 bridgehead atoms. The summed E-state index contributed by atoms with van der Waals surface area (Å²) in [7, 11) is 0. The molecule has 0 radical (unpaired) electrons. The van der Waals surface area contributed by atoms with Crippen molar-refractivity contribution in [1.29, 1.82) is 0 Å². The van der Waals surface area contributed by atoms with Gasteiger partial charge in [0.25, 0.3) is 0 Å². The highest BCUT2D eigenvalue weighted by Gasteiger charge is 2.40. The topological polar surface area (TPSA) is 0 Å². The number of thioether (sulfide) groups is 1. The van der Waals surface area contributed by atoms with Crippen LogP contribution in [-0.2, 0) is 6.18 Å². The van der Waals surface area contributed by atoms with Crippen LogP contribution in [0.15, 0.2) is 4.90 Å². The van der Waals surface area contributed by atoms with Crippen molar-refractivity contribution < 1.29 is 26.3 Å². The molecule has 0 atom stereocenters. The fraction of sp³-hybridized carbons (Fsp3) is 0.250. The monoisotopic (exact) mass is 280 g/mol. The van der Waals surface area contributed by atoms with Gasteiger partial charge >= 0.3 is 6.18 Å². The van der Waals surface area contributed by atoms with E-state index >= 15 is 0 Å². The van der Waals surface area contributed by atoms with Gasteiger partial charge in [0, 0.05) is 0 Å². The SMILES string of the molecule is CSc1c(F)c(F)c(F)c(Cl)c1C(F)(F)F. The normalized spacial score (nSPS) is 12.0. The minimum absolute atomic E-state index is 0.300. The summed E-state index contributed by atoms with van der Waals surface area (Å²) in [6, 6.07) is 0.